The van der Waals surface area contributed by atoms with E-state index in [-0.39, 0.29) is 35.7 Å². The maximum Gasteiger partial charge on any atom is 0.262 e. The molecular weight excluding hydrogens is 336 g/mol. The predicted molar refractivity (Wildman–Crippen MR) is 89.2 cm³/mol. The van der Waals surface area contributed by atoms with Crippen molar-refractivity contribution in [1.82, 2.24) is 10.2 Å². The minimum atomic E-state index is -0.958. The Kier molecular flexibility index (Phi) is 3.94. The van der Waals surface area contributed by atoms with E-state index in [2.05, 4.69) is 5.32 Å². The maximum atomic E-state index is 12.7. The van der Waals surface area contributed by atoms with Gasteiger partial charge in [-0.05, 0) is 43.4 Å². The molecule has 0 aromatic heterocycles. The van der Waals surface area contributed by atoms with Crippen molar-refractivity contribution >= 4 is 29.4 Å². The number of Topliss-reactive ketones (excluding diaryl/α,β-unsaturated/α-hetero) is 1. The molecule has 1 saturated carbocycles. The van der Waals surface area contributed by atoms with Gasteiger partial charge in [-0.3, -0.25) is 34.2 Å². The van der Waals surface area contributed by atoms with Crippen LogP contribution in [0.5, 0.6) is 0 Å². The number of piperidine rings is 1. The van der Waals surface area contributed by atoms with Crippen molar-refractivity contribution in [3.63, 3.8) is 0 Å². The Labute approximate surface area is 149 Å². The van der Waals surface area contributed by atoms with E-state index in [9.17, 15) is 24.0 Å². The van der Waals surface area contributed by atoms with Crippen LogP contribution < -0.4 is 5.32 Å². The van der Waals surface area contributed by atoms with E-state index in [1.807, 2.05) is 0 Å². The van der Waals surface area contributed by atoms with Crippen LogP contribution in [0.3, 0.4) is 0 Å². The van der Waals surface area contributed by atoms with E-state index in [1.54, 1.807) is 18.2 Å². The van der Waals surface area contributed by atoms with Gasteiger partial charge >= 0.3 is 0 Å². The SMILES string of the molecule is O=C1CCC(N2C(=O)c3ccc(CCC(=O)C4CC4)cc3C2=O)C(=O)N1. The third kappa shape index (κ3) is 2.83. The van der Waals surface area contributed by atoms with Crippen LogP contribution in [0.15, 0.2) is 18.2 Å². The van der Waals surface area contributed by atoms with Crippen molar-refractivity contribution in [2.75, 3.05) is 0 Å². The minimum Gasteiger partial charge on any atom is -0.299 e. The molecule has 2 aliphatic heterocycles. The fraction of sp³-hybridized carbons (Fsp3) is 0.421. The summed E-state index contributed by atoms with van der Waals surface area (Å²) < 4.78 is 0. The third-order valence-electron chi connectivity index (χ3n) is 5.20. The van der Waals surface area contributed by atoms with Crippen LogP contribution >= 0.6 is 0 Å². The first-order valence-electron chi connectivity index (χ1n) is 8.83. The number of hydrogen-bond donors (Lipinski definition) is 1. The van der Waals surface area contributed by atoms with Crippen LogP contribution in [0.2, 0.25) is 0 Å². The van der Waals surface area contributed by atoms with Crippen molar-refractivity contribution in [1.29, 1.82) is 0 Å². The van der Waals surface area contributed by atoms with Gasteiger partial charge in [0.1, 0.15) is 11.8 Å². The summed E-state index contributed by atoms with van der Waals surface area (Å²) in [6.45, 7) is 0. The van der Waals surface area contributed by atoms with Crippen LogP contribution in [0.4, 0.5) is 0 Å². The Hall–Kier alpha value is -2.83. The standard InChI is InChI=1S/C19H18N2O5/c22-15(11-3-4-11)7-2-10-1-5-12-13(9-10)19(26)21(18(12)25)14-6-8-16(23)20-17(14)24/h1,5,9,11,14H,2-4,6-8H2,(H,20,23,24). The Balaban J connectivity index is 1.53. The monoisotopic (exact) mass is 354 g/mol. The van der Waals surface area contributed by atoms with Gasteiger partial charge in [0.25, 0.3) is 11.8 Å². The lowest BCUT2D eigenvalue weighted by atomic mass is 10.0. The molecule has 1 aromatic carbocycles. The second kappa shape index (κ2) is 6.16. The first-order valence-corrected chi connectivity index (χ1v) is 8.83. The number of nitrogens with zero attached hydrogens (tertiary/aromatic N) is 1. The molecule has 134 valence electrons. The fourth-order valence-electron chi connectivity index (χ4n) is 3.55. The molecule has 1 atom stereocenters. The maximum absolute atomic E-state index is 12.7. The molecule has 4 rings (SSSR count). The Morgan fingerprint density at radius 3 is 2.46 bits per heavy atom. The highest BCUT2D eigenvalue weighted by molar-refractivity contribution is 6.23. The second-order valence-corrected chi connectivity index (χ2v) is 7.07. The number of nitrogens with one attached hydrogen (secondary N) is 1. The van der Waals surface area contributed by atoms with Gasteiger partial charge in [-0.1, -0.05) is 6.07 Å². The summed E-state index contributed by atoms with van der Waals surface area (Å²) in [5, 5.41) is 2.17. The number of carbonyl (C=O) groups is 5. The molecule has 1 N–H and O–H groups in total. The summed E-state index contributed by atoms with van der Waals surface area (Å²) in [4.78, 5) is 61.4. The van der Waals surface area contributed by atoms with Crippen LogP contribution in [-0.4, -0.2) is 40.4 Å². The highest BCUT2D eigenvalue weighted by Crippen LogP contribution is 2.32. The second-order valence-electron chi connectivity index (χ2n) is 7.07. The van der Waals surface area contributed by atoms with Gasteiger partial charge in [0.2, 0.25) is 11.8 Å². The Bertz CT molecular complexity index is 855. The van der Waals surface area contributed by atoms with Crippen LogP contribution in [0.25, 0.3) is 0 Å². The zero-order valence-corrected chi connectivity index (χ0v) is 14.1. The number of hydrogen-bond acceptors (Lipinski definition) is 5. The van der Waals surface area contributed by atoms with E-state index < -0.39 is 29.7 Å². The van der Waals surface area contributed by atoms with Crippen LogP contribution in [0, 0.1) is 5.92 Å². The van der Waals surface area contributed by atoms with Gasteiger partial charge in [-0.2, -0.15) is 0 Å². The number of ketones is 1. The van der Waals surface area contributed by atoms with Crippen molar-refractivity contribution in [3.05, 3.63) is 34.9 Å². The van der Waals surface area contributed by atoms with Gasteiger partial charge < -0.3 is 0 Å². The van der Waals surface area contributed by atoms with E-state index in [0.29, 0.717) is 12.8 Å². The highest BCUT2D eigenvalue weighted by atomic mass is 16.2. The van der Waals surface area contributed by atoms with E-state index in [1.165, 1.54) is 0 Å². The fourth-order valence-corrected chi connectivity index (χ4v) is 3.55. The van der Waals surface area contributed by atoms with Crippen molar-refractivity contribution in [3.8, 4) is 0 Å². The van der Waals surface area contributed by atoms with Gasteiger partial charge in [-0.25, -0.2) is 0 Å². The first-order chi connectivity index (χ1) is 12.5. The highest BCUT2D eigenvalue weighted by Gasteiger charge is 2.44. The summed E-state index contributed by atoms with van der Waals surface area (Å²) in [5.41, 5.74) is 1.34. The molecule has 2 fully saturated rings. The van der Waals surface area contributed by atoms with Gasteiger partial charge in [-0.15, -0.1) is 0 Å². The number of rotatable bonds is 5. The zero-order valence-electron chi connectivity index (χ0n) is 14.1. The molecule has 26 heavy (non-hydrogen) atoms. The predicted octanol–water partition coefficient (Wildman–Crippen LogP) is 1.000. The summed E-state index contributed by atoms with van der Waals surface area (Å²) in [6.07, 6.45) is 3.13. The molecule has 2 heterocycles. The molecule has 0 bridgehead atoms. The lowest BCUT2D eigenvalue weighted by Crippen LogP contribution is -2.54. The van der Waals surface area contributed by atoms with E-state index in [0.717, 1.165) is 23.3 Å². The zero-order chi connectivity index (χ0) is 18.4. The number of aryl methyl sites for hydroxylation is 1. The number of benzene rings is 1. The third-order valence-corrected chi connectivity index (χ3v) is 5.20. The molecule has 1 unspecified atom stereocenters. The summed E-state index contributed by atoms with van der Waals surface area (Å²) in [7, 11) is 0. The van der Waals surface area contributed by atoms with Crippen molar-refractivity contribution in [2.24, 2.45) is 5.92 Å². The minimum absolute atomic E-state index is 0.0956. The largest absolute Gasteiger partial charge is 0.299 e. The number of amides is 4. The lowest BCUT2D eigenvalue weighted by Gasteiger charge is -2.27. The molecule has 7 nitrogen and oxygen atoms in total. The number of imide groups is 2. The molecule has 1 aromatic rings. The first kappa shape index (κ1) is 16.6. The summed E-state index contributed by atoms with van der Waals surface area (Å²) >= 11 is 0. The van der Waals surface area contributed by atoms with E-state index >= 15 is 0 Å². The smallest absolute Gasteiger partial charge is 0.262 e. The average molecular weight is 354 g/mol. The van der Waals surface area contributed by atoms with Crippen molar-refractivity contribution in [2.45, 2.75) is 44.6 Å². The molecule has 0 radical (unpaired) electrons. The Morgan fingerprint density at radius 2 is 1.77 bits per heavy atom. The van der Waals surface area contributed by atoms with Crippen LogP contribution in [-0.2, 0) is 20.8 Å². The van der Waals surface area contributed by atoms with Gasteiger partial charge in [0, 0.05) is 18.8 Å². The van der Waals surface area contributed by atoms with Crippen LogP contribution in [0.1, 0.15) is 58.4 Å². The quantitative estimate of drug-likeness (QED) is 0.795. The molecule has 1 saturated heterocycles. The van der Waals surface area contributed by atoms with E-state index in [4.69, 9.17) is 0 Å². The normalized spacial score (nSPS) is 22.5. The lowest BCUT2D eigenvalue weighted by molar-refractivity contribution is -0.136. The molecule has 0 spiro atoms. The Morgan fingerprint density at radius 1 is 1.04 bits per heavy atom. The van der Waals surface area contributed by atoms with Gasteiger partial charge in [0.15, 0.2) is 0 Å². The summed E-state index contributed by atoms with van der Waals surface area (Å²) in [5.74, 6) is -1.60. The number of carbonyl (C=O) groups excluding carboxylic acids is 5. The molecule has 3 aliphatic rings. The summed E-state index contributed by atoms with van der Waals surface area (Å²) in [6, 6.07) is 4.01. The van der Waals surface area contributed by atoms with Gasteiger partial charge in [0.05, 0.1) is 11.1 Å². The average Bonchev–Trinajstić information content (AvgIpc) is 3.43. The number of fused-ring (bicyclic) bond motifs is 1. The topological polar surface area (TPSA) is 101 Å². The molecule has 7 heteroatoms. The van der Waals surface area contributed by atoms with Crippen molar-refractivity contribution < 1.29 is 24.0 Å². The molecule has 1 aliphatic carbocycles. The molecule has 4 amide bonds. The molecular formula is C19H18N2O5.